The Bertz CT molecular complexity index is 1530. The molecule has 0 bridgehead atoms. The molecular formula is C26H20Cl2N2O4S. The average Bonchev–Trinajstić information content (AvgIpc) is 3.22. The second kappa shape index (κ2) is 9.07. The smallest absolute Gasteiger partial charge is 0.266 e. The number of sulfonamides is 1. The molecule has 0 aliphatic carbocycles. The van der Waals surface area contributed by atoms with E-state index in [1.54, 1.807) is 60.7 Å². The zero-order valence-corrected chi connectivity index (χ0v) is 20.8. The van der Waals surface area contributed by atoms with Gasteiger partial charge in [0, 0.05) is 16.1 Å². The first-order valence-corrected chi connectivity index (χ1v) is 12.9. The van der Waals surface area contributed by atoms with E-state index in [0.717, 1.165) is 5.56 Å². The van der Waals surface area contributed by atoms with Crippen molar-refractivity contribution in [1.29, 1.82) is 0 Å². The van der Waals surface area contributed by atoms with Crippen LogP contribution in [0.3, 0.4) is 0 Å². The number of hydrogen-bond donors (Lipinski definition) is 0. The molecule has 1 aromatic heterocycles. The lowest BCUT2D eigenvalue weighted by Crippen LogP contribution is -2.33. The molecule has 0 radical (unpaired) electrons. The van der Waals surface area contributed by atoms with E-state index in [9.17, 15) is 13.2 Å². The van der Waals surface area contributed by atoms with Gasteiger partial charge in [0.25, 0.3) is 15.6 Å². The van der Waals surface area contributed by atoms with Crippen molar-refractivity contribution in [3.05, 3.63) is 123 Å². The molecule has 1 aliphatic rings. The number of pyridine rings is 1. The summed E-state index contributed by atoms with van der Waals surface area (Å²) < 4.78 is 36.2. The van der Waals surface area contributed by atoms with Gasteiger partial charge in [-0.1, -0.05) is 53.5 Å². The highest BCUT2D eigenvalue weighted by atomic mass is 35.5. The van der Waals surface area contributed by atoms with Crippen LogP contribution in [0, 0.1) is 0 Å². The maximum absolute atomic E-state index is 14.1. The molecule has 178 valence electrons. The van der Waals surface area contributed by atoms with E-state index in [0.29, 0.717) is 21.4 Å². The number of halogens is 2. The summed E-state index contributed by atoms with van der Waals surface area (Å²) in [6.45, 7) is 0. The SMILES string of the molecule is COc1ccc(S(=O)(=O)N2c3cccc(=O)n3[C@@H](c3ccc(Cl)cc3)[C@H]2c2ccc(Cl)cc2)cc1. The third kappa shape index (κ3) is 4.10. The largest absolute Gasteiger partial charge is 0.497 e. The predicted octanol–water partition coefficient (Wildman–Crippen LogP) is 5.70. The molecule has 1 aliphatic heterocycles. The van der Waals surface area contributed by atoms with Gasteiger partial charge in [-0.25, -0.2) is 12.7 Å². The van der Waals surface area contributed by atoms with E-state index in [1.807, 2.05) is 12.1 Å². The predicted molar refractivity (Wildman–Crippen MR) is 137 cm³/mol. The molecule has 9 heteroatoms. The highest BCUT2D eigenvalue weighted by molar-refractivity contribution is 7.92. The summed E-state index contributed by atoms with van der Waals surface area (Å²) >= 11 is 12.3. The Labute approximate surface area is 213 Å². The number of benzene rings is 3. The second-order valence-electron chi connectivity index (χ2n) is 8.06. The van der Waals surface area contributed by atoms with Gasteiger partial charge in [-0.05, 0) is 65.7 Å². The van der Waals surface area contributed by atoms with Gasteiger partial charge in [-0.2, -0.15) is 0 Å². The van der Waals surface area contributed by atoms with Crippen molar-refractivity contribution in [3.63, 3.8) is 0 Å². The van der Waals surface area contributed by atoms with Gasteiger partial charge in [-0.3, -0.25) is 9.36 Å². The zero-order valence-electron chi connectivity index (χ0n) is 18.5. The van der Waals surface area contributed by atoms with Crippen LogP contribution in [0.2, 0.25) is 10.0 Å². The number of nitrogens with zero attached hydrogens (tertiary/aromatic N) is 2. The maximum Gasteiger partial charge on any atom is 0.266 e. The van der Waals surface area contributed by atoms with E-state index in [-0.39, 0.29) is 16.3 Å². The first-order valence-electron chi connectivity index (χ1n) is 10.7. The molecule has 4 aromatic rings. The standard InChI is InChI=1S/C26H20Cl2N2O4S/c1-34-21-13-15-22(16-14-21)35(32,33)30-23-3-2-4-24(31)29(23)25(17-5-9-19(27)10-6-17)26(30)18-7-11-20(28)12-8-18/h2-16,25-26H,1H3/t25-,26+/m0/s1. The number of anilines is 1. The van der Waals surface area contributed by atoms with Crippen LogP contribution < -0.4 is 14.6 Å². The number of ether oxygens (including phenoxy) is 1. The van der Waals surface area contributed by atoms with E-state index >= 15 is 0 Å². The van der Waals surface area contributed by atoms with Gasteiger partial charge in [-0.15, -0.1) is 0 Å². The van der Waals surface area contributed by atoms with E-state index in [2.05, 4.69) is 0 Å². The summed E-state index contributed by atoms with van der Waals surface area (Å²) in [6, 6.07) is 23.5. The van der Waals surface area contributed by atoms with Crippen LogP contribution in [0.1, 0.15) is 23.2 Å². The van der Waals surface area contributed by atoms with Gasteiger partial charge in [0.05, 0.1) is 24.1 Å². The Hall–Kier alpha value is -3.26. The minimum Gasteiger partial charge on any atom is -0.497 e. The van der Waals surface area contributed by atoms with Gasteiger partial charge >= 0.3 is 0 Å². The molecule has 0 saturated carbocycles. The highest BCUT2D eigenvalue weighted by Crippen LogP contribution is 2.49. The summed E-state index contributed by atoms with van der Waals surface area (Å²) in [5.41, 5.74) is 1.12. The van der Waals surface area contributed by atoms with Crippen LogP contribution in [0.15, 0.2) is 101 Å². The van der Waals surface area contributed by atoms with Crippen LogP contribution in [0.4, 0.5) is 5.82 Å². The highest BCUT2D eigenvalue weighted by Gasteiger charge is 2.47. The summed E-state index contributed by atoms with van der Waals surface area (Å²) in [5.74, 6) is 0.809. The average molecular weight is 527 g/mol. The van der Waals surface area contributed by atoms with Crippen molar-refractivity contribution in [2.24, 2.45) is 0 Å². The van der Waals surface area contributed by atoms with Gasteiger partial charge < -0.3 is 4.74 Å². The first-order chi connectivity index (χ1) is 16.8. The van der Waals surface area contributed by atoms with E-state index in [1.165, 1.54) is 34.2 Å². The number of methoxy groups -OCH3 is 1. The monoisotopic (exact) mass is 526 g/mol. The lowest BCUT2D eigenvalue weighted by atomic mass is 9.94. The van der Waals surface area contributed by atoms with Crippen LogP contribution in [0.25, 0.3) is 0 Å². The Balaban J connectivity index is 1.78. The minimum atomic E-state index is -4.09. The van der Waals surface area contributed by atoms with Crippen molar-refractivity contribution < 1.29 is 13.2 Å². The molecule has 0 fully saturated rings. The van der Waals surface area contributed by atoms with Crippen molar-refractivity contribution in [3.8, 4) is 5.75 Å². The van der Waals surface area contributed by atoms with Crippen molar-refractivity contribution in [1.82, 2.24) is 4.57 Å². The van der Waals surface area contributed by atoms with Gasteiger partial charge in [0.1, 0.15) is 11.6 Å². The summed E-state index contributed by atoms with van der Waals surface area (Å²) in [7, 11) is -2.58. The third-order valence-corrected chi connectivity index (χ3v) is 8.37. The van der Waals surface area contributed by atoms with Crippen LogP contribution in [-0.4, -0.2) is 20.1 Å². The molecule has 0 spiro atoms. The molecular weight excluding hydrogens is 507 g/mol. The lowest BCUT2D eigenvalue weighted by Gasteiger charge is -2.29. The van der Waals surface area contributed by atoms with Crippen LogP contribution >= 0.6 is 23.2 Å². The zero-order chi connectivity index (χ0) is 24.7. The van der Waals surface area contributed by atoms with Crippen molar-refractivity contribution in [2.45, 2.75) is 17.0 Å². The molecule has 0 unspecified atom stereocenters. The minimum absolute atomic E-state index is 0.0804. The fourth-order valence-corrected chi connectivity index (χ4v) is 6.35. The van der Waals surface area contributed by atoms with Crippen molar-refractivity contribution in [2.75, 3.05) is 11.4 Å². The Kier molecular flexibility index (Phi) is 6.09. The Morgan fingerprint density at radius 3 is 1.83 bits per heavy atom. The fourth-order valence-electron chi connectivity index (χ4n) is 4.46. The molecule has 0 amide bonds. The van der Waals surface area contributed by atoms with Crippen molar-refractivity contribution >= 4 is 39.0 Å². The lowest BCUT2D eigenvalue weighted by molar-refractivity contribution is 0.414. The van der Waals surface area contributed by atoms with Crippen LogP contribution in [0.5, 0.6) is 5.75 Å². The van der Waals surface area contributed by atoms with E-state index in [4.69, 9.17) is 27.9 Å². The Morgan fingerprint density at radius 1 is 0.743 bits per heavy atom. The molecule has 2 atom stereocenters. The summed E-state index contributed by atoms with van der Waals surface area (Å²) in [5, 5.41) is 1.06. The topological polar surface area (TPSA) is 68.6 Å². The molecule has 6 nitrogen and oxygen atoms in total. The molecule has 0 saturated heterocycles. The van der Waals surface area contributed by atoms with Gasteiger partial charge in [0.2, 0.25) is 0 Å². The van der Waals surface area contributed by atoms with Gasteiger partial charge in [0.15, 0.2) is 0 Å². The third-order valence-electron chi connectivity index (χ3n) is 6.06. The molecule has 35 heavy (non-hydrogen) atoms. The normalized spacial score (nSPS) is 17.3. The molecule has 0 N–H and O–H groups in total. The Morgan fingerprint density at radius 2 is 1.29 bits per heavy atom. The van der Waals surface area contributed by atoms with Crippen LogP contribution in [-0.2, 0) is 10.0 Å². The number of fused-ring (bicyclic) bond motifs is 1. The summed E-state index contributed by atoms with van der Waals surface area (Å²) in [4.78, 5) is 13.2. The summed E-state index contributed by atoms with van der Waals surface area (Å²) in [6.07, 6.45) is 0. The fraction of sp³-hybridized carbons (Fsp3) is 0.115. The molecule has 3 aromatic carbocycles. The maximum atomic E-state index is 14.1. The van der Waals surface area contributed by atoms with E-state index < -0.39 is 22.1 Å². The number of rotatable bonds is 5. The molecule has 5 rings (SSSR count). The number of hydrogen-bond acceptors (Lipinski definition) is 4. The molecule has 2 heterocycles. The first kappa shape index (κ1) is 23.5. The second-order valence-corrected chi connectivity index (χ2v) is 10.7. The number of aromatic nitrogens is 1. The quantitative estimate of drug-likeness (QED) is 0.334.